The molecular formula is C21H17ClN4S. The van der Waals surface area contributed by atoms with Crippen molar-refractivity contribution >= 4 is 39.8 Å². The molecule has 1 N–H and O–H groups in total. The monoisotopic (exact) mass is 392 g/mol. The molecule has 0 amide bonds. The third kappa shape index (κ3) is 3.70. The first kappa shape index (κ1) is 17.6. The number of nitrogens with zero attached hydrogens (tertiary/aromatic N) is 3. The molecule has 0 saturated heterocycles. The number of para-hydroxylation sites is 1. The molecule has 1 unspecified atom stereocenters. The number of benzene rings is 3. The molecular weight excluding hydrogens is 376 g/mol. The largest absolute Gasteiger partial charge is 0.351 e. The molecule has 4 rings (SSSR count). The van der Waals surface area contributed by atoms with E-state index in [4.69, 9.17) is 23.8 Å². The molecule has 3 aromatic carbocycles. The van der Waals surface area contributed by atoms with Gasteiger partial charge in [-0.2, -0.15) is 0 Å². The fourth-order valence-corrected chi connectivity index (χ4v) is 3.29. The lowest BCUT2D eigenvalue weighted by atomic mass is 10.1. The lowest BCUT2D eigenvalue weighted by Gasteiger charge is -2.22. The van der Waals surface area contributed by atoms with Gasteiger partial charge in [-0.05, 0) is 36.8 Å². The fraction of sp³-hybridized carbons (Fsp3) is 0.0952. The Morgan fingerprint density at radius 1 is 1.00 bits per heavy atom. The summed E-state index contributed by atoms with van der Waals surface area (Å²) in [7, 11) is 0. The molecule has 27 heavy (non-hydrogen) atoms. The predicted octanol–water partition coefficient (Wildman–Crippen LogP) is 4.91. The third-order valence-electron chi connectivity index (χ3n) is 4.39. The number of rotatable bonds is 4. The molecule has 0 aliphatic rings. The van der Waals surface area contributed by atoms with E-state index in [9.17, 15) is 0 Å². The van der Waals surface area contributed by atoms with Crippen LogP contribution in [0.15, 0.2) is 72.8 Å². The van der Waals surface area contributed by atoms with Crippen molar-refractivity contribution in [2.24, 2.45) is 0 Å². The minimum atomic E-state index is -0.277. The summed E-state index contributed by atoms with van der Waals surface area (Å²) in [6.07, 6.45) is -0.277. The first-order chi connectivity index (χ1) is 13.1. The van der Waals surface area contributed by atoms with Crippen molar-refractivity contribution in [3.05, 3.63) is 94.5 Å². The van der Waals surface area contributed by atoms with E-state index in [-0.39, 0.29) is 6.17 Å². The van der Waals surface area contributed by atoms with Gasteiger partial charge in [-0.3, -0.25) is 0 Å². The summed E-state index contributed by atoms with van der Waals surface area (Å²) < 4.78 is 1.86. The maximum Gasteiger partial charge on any atom is 0.149 e. The molecule has 0 bridgehead atoms. The predicted molar refractivity (Wildman–Crippen MR) is 113 cm³/mol. The van der Waals surface area contributed by atoms with Crippen LogP contribution in [0.1, 0.15) is 22.9 Å². The maximum absolute atomic E-state index is 5.99. The second-order valence-corrected chi connectivity index (χ2v) is 7.16. The Morgan fingerprint density at radius 2 is 1.70 bits per heavy atom. The highest BCUT2D eigenvalue weighted by Crippen LogP contribution is 2.22. The topological polar surface area (TPSA) is 42.7 Å². The minimum Gasteiger partial charge on any atom is -0.351 e. The Labute approximate surface area is 167 Å². The molecule has 1 atom stereocenters. The van der Waals surface area contributed by atoms with Gasteiger partial charge < -0.3 is 5.32 Å². The average molecular weight is 393 g/mol. The van der Waals surface area contributed by atoms with Crippen molar-refractivity contribution in [1.29, 1.82) is 0 Å². The first-order valence-electron chi connectivity index (χ1n) is 8.55. The molecule has 1 heterocycles. The lowest BCUT2D eigenvalue weighted by Crippen LogP contribution is -2.33. The van der Waals surface area contributed by atoms with E-state index in [1.165, 1.54) is 5.56 Å². The van der Waals surface area contributed by atoms with Crippen molar-refractivity contribution in [2.45, 2.75) is 13.1 Å². The van der Waals surface area contributed by atoms with Gasteiger partial charge in [-0.25, -0.2) is 4.68 Å². The number of fused-ring (bicyclic) bond motifs is 1. The summed E-state index contributed by atoms with van der Waals surface area (Å²) in [5.74, 6) is 0. The van der Waals surface area contributed by atoms with Gasteiger partial charge in [0.05, 0.1) is 5.52 Å². The highest BCUT2D eigenvalue weighted by molar-refractivity contribution is 7.80. The molecule has 6 heteroatoms. The van der Waals surface area contributed by atoms with Gasteiger partial charge in [0.15, 0.2) is 0 Å². The molecule has 1 aromatic heterocycles. The zero-order chi connectivity index (χ0) is 18.8. The number of aryl methyl sites for hydroxylation is 1. The number of halogens is 1. The smallest absolute Gasteiger partial charge is 0.149 e. The van der Waals surface area contributed by atoms with Gasteiger partial charge in [0.2, 0.25) is 0 Å². The Morgan fingerprint density at radius 3 is 2.44 bits per heavy atom. The van der Waals surface area contributed by atoms with E-state index in [1.54, 1.807) is 0 Å². The number of aromatic nitrogens is 3. The Balaban J connectivity index is 1.75. The van der Waals surface area contributed by atoms with Crippen molar-refractivity contribution in [2.75, 3.05) is 0 Å². The molecule has 0 spiro atoms. The Kier molecular flexibility index (Phi) is 4.88. The van der Waals surface area contributed by atoms with Crippen LogP contribution in [0.4, 0.5) is 0 Å². The molecule has 0 fully saturated rings. The van der Waals surface area contributed by atoms with Crippen LogP contribution < -0.4 is 5.32 Å². The molecule has 0 saturated carbocycles. The number of hydrogen-bond acceptors (Lipinski definition) is 3. The molecule has 4 nitrogen and oxygen atoms in total. The summed E-state index contributed by atoms with van der Waals surface area (Å²) in [6.45, 7) is 2.06. The quantitative estimate of drug-likeness (QED) is 0.501. The highest BCUT2D eigenvalue weighted by atomic mass is 35.5. The van der Waals surface area contributed by atoms with Gasteiger partial charge >= 0.3 is 0 Å². The average Bonchev–Trinajstić information content (AvgIpc) is 3.11. The fourth-order valence-electron chi connectivity index (χ4n) is 2.92. The molecule has 134 valence electrons. The summed E-state index contributed by atoms with van der Waals surface area (Å²) in [6, 6.07) is 23.7. The Hall–Kier alpha value is -2.76. The maximum atomic E-state index is 5.99. The third-order valence-corrected chi connectivity index (χ3v) is 4.99. The summed E-state index contributed by atoms with van der Waals surface area (Å²) in [4.78, 5) is 0.622. The molecule has 4 aromatic rings. The van der Waals surface area contributed by atoms with Crippen LogP contribution in [0.25, 0.3) is 11.0 Å². The Bertz CT molecular complexity index is 1090. The van der Waals surface area contributed by atoms with Gasteiger partial charge in [0.25, 0.3) is 0 Å². The van der Waals surface area contributed by atoms with E-state index in [1.807, 2.05) is 53.2 Å². The zero-order valence-corrected chi connectivity index (χ0v) is 16.2. The summed E-state index contributed by atoms with van der Waals surface area (Å²) >= 11 is 11.6. The van der Waals surface area contributed by atoms with Crippen molar-refractivity contribution in [1.82, 2.24) is 20.3 Å². The second kappa shape index (κ2) is 7.47. The van der Waals surface area contributed by atoms with Gasteiger partial charge in [0.1, 0.15) is 16.7 Å². The van der Waals surface area contributed by atoms with Crippen LogP contribution in [0, 0.1) is 6.92 Å². The van der Waals surface area contributed by atoms with Gasteiger partial charge in [-0.1, -0.05) is 83.1 Å². The van der Waals surface area contributed by atoms with E-state index < -0.39 is 0 Å². The van der Waals surface area contributed by atoms with Crippen molar-refractivity contribution in [3.63, 3.8) is 0 Å². The molecule has 0 radical (unpaired) electrons. The molecule has 0 aliphatic carbocycles. The standard InChI is InChI=1S/C21H17ClN4S/c1-14-6-8-15(9-7-14)20(23-21(27)16-10-12-17(22)13-11-16)26-19-5-3-2-4-18(19)24-25-26/h2-13,20H,1H3,(H,23,27). The van der Waals surface area contributed by atoms with Crippen molar-refractivity contribution < 1.29 is 0 Å². The SMILES string of the molecule is Cc1ccc(C(NC(=S)c2ccc(Cl)cc2)n2nnc3ccccc32)cc1. The van der Waals surface area contributed by atoms with Crippen LogP contribution in [0.3, 0.4) is 0 Å². The minimum absolute atomic E-state index is 0.277. The number of thiocarbonyl (C=S) groups is 1. The number of hydrogen-bond donors (Lipinski definition) is 1. The van der Waals surface area contributed by atoms with E-state index in [0.29, 0.717) is 10.0 Å². The van der Waals surface area contributed by atoms with Crippen LogP contribution in [-0.4, -0.2) is 20.0 Å². The van der Waals surface area contributed by atoms with Crippen LogP contribution in [0.2, 0.25) is 5.02 Å². The first-order valence-corrected chi connectivity index (χ1v) is 9.33. The van der Waals surface area contributed by atoms with Gasteiger partial charge in [0, 0.05) is 10.6 Å². The normalized spacial score (nSPS) is 12.1. The van der Waals surface area contributed by atoms with Gasteiger partial charge in [-0.15, -0.1) is 5.10 Å². The van der Waals surface area contributed by atoms with E-state index in [0.717, 1.165) is 22.2 Å². The second-order valence-electron chi connectivity index (χ2n) is 6.32. The highest BCUT2D eigenvalue weighted by Gasteiger charge is 2.19. The van der Waals surface area contributed by atoms with Crippen LogP contribution in [-0.2, 0) is 0 Å². The van der Waals surface area contributed by atoms with Crippen LogP contribution in [0.5, 0.6) is 0 Å². The summed E-state index contributed by atoms with van der Waals surface area (Å²) in [5, 5.41) is 12.8. The summed E-state index contributed by atoms with van der Waals surface area (Å²) in [5.41, 5.74) is 4.92. The van der Waals surface area contributed by atoms with E-state index in [2.05, 4.69) is 46.8 Å². The van der Waals surface area contributed by atoms with Crippen molar-refractivity contribution in [3.8, 4) is 0 Å². The zero-order valence-electron chi connectivity index (χ0n) is 14.6. The van der Waals surface area contributed by atoms with E-state index >= 15 is 0 Å². The number of nitrogens with one attached hydrogen (secondary N) is 1. The molecule has 0 aliphatic heterocycles. The lowest BCUT2D eigenvalue weighted by molar-refractivity contribution is 0.496. The van der Waals surface area contributed by atoms with Crippen LogP contribution >= 0.6 is 23.8 Å².